The van der Waals surface area contributed by atoms with Gasteiger partial charge in [0, 0.05) is 5.41 Å². The molecule has 2 aliphatic rings. The fraction of sp³-hybridized carbons (Fsp3) is 0.600. The van der Waals surface area contributed by atoms with Crippen LogP contribution in [0.25, 0.3) is 0 Å². The molecule has 1 fully saturated rings. The summed E-state index contributed by atoms with van der Waals surface area (Å²) >= 11 is 0. The zero-order chi connectivity index (χ0) is 11.8. The molecule has 0 N–H and O–H groups in total. The van der Waals surface area contributed by atoms with E-state index >= 15 is 0 Å². The Morgan fingerprint density at radius 2 is 2.12 bits per heavy atom. The first kappa shape index (κ1) is 11.5. The number of allylic oxidation sites excluding steroid dienone is 5. The fourth-order valence-corrected chi connectivity index (χ4v) is 2.53. The van der Waals surface area contributed by atoms with E-state index in [1.165, 1.54) is 5.57 Å². The van der Waals surface area contributed by atoms with Crippen molar-refractivity contribution in [3.05, 3.63) is 35.6 Å². The molecule has 1 aliphatic carbocycles. The van der Waals surface area contributed by atoms with E-state index in [-0.39, 0.29) is 5.41 Å². The van der Waals surface area contributed by atoms with Crippen LogP contribution < -0.4 is 0 Å². The summed E-state index contributed by atoms with van der Waals surface area (Å²) in [6, 6.07) is 0. The molecule has 1 unspecified atom stereocenters. The maximum atomic E-state index is 5.83. The van der Waals surface area contributed by atoms with Crippen molar-refractivity contribution < 1.29 is 4.74 Å². The highest BCUT2D eigenvalue weighted by Gasteiger charge is 2.28. The summed E-state index contributed by atoms with van der Waals surface area (Å²) in [5.41, 5.74) is 1.50. The van der Waals surface area contributed by atoms with Crippen LogP contribution >= 0.6 is 0 Å². The molecule has 2 rings (SSSR count). The Morgan fingerprint density at radius 1 is 1.38 bits per heavy atom. The molecule has 1 heterocycles. The van der Waals surface area contributed by atoms with Crippen molar-refractivity contribution in [3.8, 4) is 0 Å². The lowest BCUT2D eigenvalue weighted by atomic mass is 9.82. The Hall–Kier alpha value is -0.980. The highest BCUT2D eigenvalue weighted by atomic mass is 16.5. The Morgan fingerprint density at radius 3 is 2.81 bits per heavy atom. The molecule has 0 aromatic rings. The van der Waals surface area contributed by atoms with Crippen molar-refractivity contribution in [2.75, 3.05) is 6.61 Å². The van der Waals surface area contributed by atoms with Crippen LogP contribution in [0.3, 0.4) is 0 Å². The van der Waals surface area contributed by atoms with E-state index in [0.717, 1.165) is 18.8 Å². The van der Waals surface area contributed by atoms with Crippen LogP contribution in [0.1, 0.15) is 34.1 Å². The predicted molar refractivity (Wildman–Crippen MR) is 68.0 cm³/mol. The maximum absolute atomic E-state index is 5.83. The summed E-state index contributed by atoms with van der Waals surface area (Å²) in [7, 11) is 0. The van der Waals surface area contributed by atoms with Gasteiger partial charge in [0.1, 0.15) is 5.76 Å². The lowest BCUT2D eigenvalue weighted by Crippen LogP contribution is -2.22. The normalized spacial score (nSPS) is 27.7. The molecule has 0 aromatic carbocycles. The van der Waals surface area contributed by atoms with Gasteiger partial charge in [-0.1, -0.05) is 45.9 Å². The van der Waals surface area contributed by atoms with Gasteiger partial charge in [-0.05, 0) is 29.9 Å². The van der Waals surface area contributed by atoms with Gasteiger partial charge in [0.25, 0.3) is 0 Å². The van der Waals surface area contributed by atoms with Crippen LogP contribution in [0.15, 0.2) is 35.6 Å². The third kappa shape index (κ3) is 2.23. The Labute approximate surface area is 98.9 Å². The van der Waals surface area contributed by atoms with Crippen LogP contribution in [-0.2, 0) is 4.74 Å². The molecule has 0 spiro atoms. The third-order valence-corrected chi connectivity index (χ3v) is 3.48. The standard InChI is InChI=1S/C15H22O/c1-11(2)12-7-9-16-14-10-15(3,4)8-5-6-13(12)14/h5-6,8,10-12H,7,9H2,1-4H3. The van der Waals surface area contributed by atoms with Gasteiger partial charge in [-0.25, -0.2) is 0 Å². The molecule has 0 radical (unpaired) electrons. The van der Waals surface area contributed by atoms with Gasteiger partial charge in [-0.15, -0.1) is 0 Å². The highest BCUT2D eigenvalue weighted by molar-refractivity contribution is 5.38. The van der Waals surface area contributed by atoms with E-state index in [4.69, 9.17) is 4.74 Å². The van der Waals surface area contributed by atoms with Crippen LogP contribution in [0.2, 0.25) is 0 Å². The van der Waals surface area contributed by atoms with Gasteiger partial charge >= 0.3 is 0 Å². The number of hydrogen-bond acceptors (Lipinski definition) is 1. The van der Waals surface area contributed by atoms with Gasteiger partial charge in [0.15, 0.2) is 0 Å². The van der Waals surface area contributed by atoms with Crippen molar-refractivity contribution in [3.63, 3.8) is 0 Å². The lowest BCUT2D eigenvalue weighted by molar-refractivity contribution is 0.150. The minimum absolute atomic E-state index is 0.104. The molecule has 0 bridgehead atoms. The number of rotatable bonds is 1. The zero-order valence-electron chi connectivity index (χ0n) is 10.8. The van der Waals surface area contributed by atoms with Crippen molar-refractivity contribution in [1.29, 1.82) is 0 Å². The van der Waals surface area contributed by atoms with Crippen LogP contribution in [0, 0.1) is 17.3 Å². The molecule has 1 heteroatoms. The zero-order valence-corrected chi connectivity index (χ0v) is 10.8. The predicted octanol–water partition coefficient (Wildman–Crippen LogP) is 4.09. The number of hydrogen-bond donors (Lipinski definition) is 0. The summed E-state index contributed by atoms with van der Waals surface area (Å²) in [4.78, 5) is 0. The fourth-order valence-electron chi connectivity index (χ4n) is 2.53. The average molecular weight is 218 g/mol. The Kier molecular flexibility index (Phi) is 2.96. The van der Waals surface area contributed by atoms with Crippen molar-refractivity contribution >= 4 is 0 Å². The van der Waals surface area contributed by atoms with Crippen molar-refractivity contribution in [2.24, 2.45) is 17.3 Å². The molecular formula is C15H22O. The molecule has 1 atom stereocenters. The summed E-state index contributed by atoms with van der Waals surface area (Å²) in [5.74, 6) is 2.45. The molecule has 88 valence electrons. The number of ether oxygens (including phenoxy) is 1. The largest absolute Gasteiger partial charge is 0.494 e. The summed E-state index contributed by atoms with van der Waals surface area (Å²) in [5, 5.41) is 0. The van der Waals surface area contributed by atoms with Gasteiger partial charge in [-0.2, -0.15) is 0 Å². The van der Waals surface area contributed by atoms with Crippen LogP contribution in [0.5, 0.6) is 0 Å². The smallest absolute Gasteiger partial charge is 0.119 e. The third-order valence-electron chi connectivity index (χ3n) is 3.48. The van der Waals surface area contributed by atoms with E-state index in [2.05, 4.69) is 52.0 Å². The van der Waals surface area contributed by atoms with Gasteiger partial charge < -0.3 is 4.74 Å². The first-order valence-corrected chi connectivity index (χ1v) is 6.25. The molecule has 0 saturated carbocycles. The first-order valence-electron chi connectivity index (χ1n) is 6.25. The summed E-state index contributed by atoms with van der Waals surface area (Å²) in [6.07, 6.45) is 10.1. The molecule has 16 heavy (non-hydrogen) atoms. The minimum Gasteiger partial charge on any atom is -0.494 e. The van der Waals surface area contributed by atoms with E-state index in [1.54, 1.807) is 0 Å². The molecule has 1 saturated heterocycles. The Balaban J connectivity index is 2.36. The molecule has 0 amide bonds. The average Bonchev–Trinajstić information content (AvgIpc) is 2.33. The van der Waals surface area contributed by atoms with Crippen LogP contribution in [-0.4, -0.2) is 6.61 Å². The summed E-state index contributed by atoms with van der Waals surface area (Å²) in [6.45, 7) is 9.90. The van der Waals surface area contributed by atoms with E-state index in [9.17, 15) is 0 Å². The monoisotopic (exact) mass is 218 g/mol. The van der Waals surface area contributed by atoms with Gasteiger partial charge in [0.05, 0.1) is 6.61 Å². The van der Waals surface area contributed by atoms with E-state index < -0.39 is 0 Å². The summed E-state index contributed by atoms with van der Waals surface area (Å²) < 4.78 is 5.83. The Bertz CT molecular complexity index is 356. The second-order valence-corrected chi connectivity index (χ2v) is 5.80. The van der Waals surface area contributed by atoms with Gasteiger partial charge in [-0.3, -0.25) is 0 Å². The first-order chi connectivity index (χ1) is 7.49. The topological polar surface area (TPSA) is 9.23 Å². The molecule has 1 aliphatic heterocycles. The number of fused-ring (bicyclic) bond motifs is 1. The van der Waals surface area contributed by atoms with Crippen molar-refractivity contribution in [2.45, 2.75) is 34.1 Å². The molecular weight excluding hydrogens is 196 g/mol. The lowest BCUT2D eigenvalue weighted by Gasteiger charge is -2.31. The quantitative estimate of drug-likeness (QED) is 0.644. The second-order valence-electron chi connectivity index (χ2n) is 5.80. The maximum Gasteiger partial charge on any atom is 0.119 e. The second kappa shape index (κ2) is 4.12. The van der Waals surface area contributed by atoms with Crippen LogP contribution in [0.4, 0.5) is 0 Å². The highest BCUT2D eigenvalue weighted by Crippen LogP contribution is 2.38. The SMILES string of the molecule is CC(C)C1CCOC2=CC(C)(C)C=CC=C21. The van der Waals surface area contributed by atoms with E-state index in [0.29, 0.717) is 11.8 Å². The molecule has 0 aromatic heterocycles. The molecule has 1 nitrogen and oxygen atoms in total. The van der Waals surface area contributed by atoms with E-state index in [1.807, 2.05) is 0 Å². The van der Waals surface area contributed by atoms with Gasteiger partial charge in [0.2, 0.25) is 0 Å². The van der Waals surface area contributed by atoms with Crippen molar-refractivity contribution in [1.82, 2.24) is 0 Å². The minimum atomic E-state index is 0.104.